The molecule has 0 aromatic carbocycles. The molecule has 0 saturated carbocycles. The van der Waals surface area contributed by atoms with Gasteiger partial charge < -0.3 is 33.8 Å². The van der Waals surface area contributed by atoms with Gasteiger partial charge in [0.15, 0.2) is 12.2 Å². The monoisotopic (exact) mass is 1440 g/mol. The smallest absolute Gasteiger partial charge is 0.462 e. The van der Waals surface area contributed by atoms with Crippen LogP contribution in [0, 0.1) is 17.8 Å². The average molecular weight is 1440 g/mol. The maximum atomic E-state index is 13.1. The number of aliphatic hydroxyl groups is 1. The van der Waals surface area contributed by atoms with Gasteiger partial charge in [-0.25, -0.2) is 9.13 Å². The number of aliphatic hydroxyl groups excluding tert-OH is 1. The van der Waals surface area contributed by atoms with Crippen molar-refractivity contribution in [3.8, 4) is 0 Å². The zero-order valence-corrected chi connectivity index (χ0v) is 66.0. The van der Waals surface area contributed by atoms with Gasteiger partial charge in [-0.05, 0) is 43.4 Å². The summed E-state index contributed by atoms with van der Waals surface area (Å²) < 4.78 is 68.6. The van der Waals surface area contributed by atoms with E-state index in [0.29, 0.717) is 31.6 Å². The van der Waals surface area contributed by atoms with Crippen LogP contribution >= 0.6 is 15.6 Å². The second-order valence-electron chi connectivity index (χ2n) is 29.6. The van der Waals surface area contributed by atoms with Gasteiger partial charge >= 0.3 is 39.5 Å². The Morgan fingerprint density at radius 3 is 0.776 bits per heavy atom. The first kappa shape index (κ1) is 96.1. The van der Waals surface area contributed by atoms with E-state index in [-0.39, 0.29) is 25.7 Å². The first-order chi connectivity index (χ1) is 47.3. The number of hydrogen-bond acceptors (Lipinski definition) is 15. The Morgan fingerprint density at radius 1 is 0.296 bits per heavy atom. The van der Waals surface area contributed by atoms with Crippen molar-refractivity contribution in [2.45, 2.75) is 426 Å². The van der Waals surface area contributed by atoms with E-state index in [1.54, 1.807) is 0 Å². The van der Waals surface area contributed by atoms with E-state index in [1.165, 1.54) is 212 Å². The summed E-state index contributed by atoms with van der Waals surface area (Å²) in [5.74, 6) is 0.233. The van der Waals surface area contributed by atoms with Crippen molar-refractivity contribution in [2.24, 2.45) is 17.8 Å². The van der Waals surface area contributed by atoms with Crippen molar-refractivity contribution >= 4 is 39.5 Å². The number of hydrogen-bond donors (Lipinski definition) is 3. The van der Waals surface area contributed by atoms with Gasteiger partial charge in [0.1, 0.15) is 19.3 Å². The molecule has 582 valence electrons. The van der Waals surface area contributed by atoms with Crippen LogP contribution < -0.4 is 0 Å². The fourth-order valence-electron chi connectivity index (χ4n) is 12.1. The van der Waals surface area contributed by atoms with E-state index in [9.17, 15) is 43.2 Å². The van der Waals surface area contributed by atoms with Crippen LogP contribution in [0.4, 0.5) is 0 Å². The summed E-state index contributed by atoms with van der Waals surface area (Å²) >= 11 is 0. The van der Waals surface area contributed by atoms with Gasteiger partial charge in [-0.15, -0.1) is 0 Å². The highest BCUT2D eigenvalue weighted by Gasteiger charge is 2.30. The van der Waals surface area contributed by atoms with Crippen LogP contribution in [-0.4, -0.2) is 96.7 Å². The summed E-state index contributed by atoms with van der Waals surface area (Å²) in [5, 5.41) is 10.6. The fraction of sp³-hybridized carbons (Fsp3) is 0.949. The topological polar surface area (TPSA) is 237 Å². The van der Waals surface area contributed by atoms with E-state index in [2.05, 4.69) is 48.5 Å². The number of phosphoric acid groups is 2. The molecule has 0 radical (unpaired) electrons. The molecule has 0 aromatic heterocycles. The Morgan fingerprint density at radius 2 is 0.520 bits per heavy atom. The summed E-state index contributed by atoms with van der Waals surface area (Å²) in [7, 11) is -9.91. The number of rotatable bonds is 77. The van der Waals surface area contributed by atoms with E-state index < -0.39 is 97.5 Å². The molecule has 0 spiro atoms. The van der Waals surface area contributed by atoms with Crippen molar-refractivity contribution in [1.29, 1.82) is 0 Å². The minimum absolute atomic E-state index is 0.106. The SMILES string of the molecule is CCCCCCCCCCCCCCC(=O)O[C@H](COC(=O)CCCCCCCCCC(C)C)COP(=O)(O)OC[C@H](O)COP(=O)(O)OC[C@@H](COC(=O)CCCCCCCCCCCCCC(C)C)OC(=O)CCCCCCCCCCCCCCCCCCCCC(C)CC. The lowest BCUT2D eigenvalue weighted by atomic mass is 9.99. The van der Waals surface area contributed by atoms with Gasteiger partial charge in [-0.2, -0.15) is 0 Å². The third-order valence-corrected chi connectivity index (χ3v) is 20.6. The summed E-state index contributed by atoms with van der Waals surface area (Å²) in [6, 6.07) is 0. The molecule has 0 rings (SSSR count). The average Bonchev–Trinajstić information content (AvgIpc) is 1.13. The van der Waals surface area contributed by atoms with E-state index in [1.807, 2.05) is 0 Å². The Hall–Kier alpha value is -1.94. The lowest BCUT2D eigenvalue weighted by Crippen LogP contribution is -2.30. The van der Waals surface area contributed by atoms with Crippen LogP contribution in [0.5, 0.6) is 0 Å². The minimum Gasteiger partial charge on any atom is -0.462 e. The third kappa shape index (κ3) is 71.1. The highest BCUT2D eigenvalue weighted by atomic mass is 31.2. The predicted molar refractivity (Wildman–Crippen MR) is 400 cm³/mol. The van der Waals surface area contributed by atoms with E-state index in [4.69, 9.17) is 37.0 Å². The number of phosphoric ester groups is 2. The molecule has 0 fully saturated rings. The zero-order valence-electron chi connectivity index (χ0n) is 64.3. The second-order valence-corrected chi connectivity index (χ2v) is 32.6. The normalized spacial score (nSPS) is 14.3. The summed E-state index contributed by atoms with van der Waals surface area (Å²) in [6.45, 7) is 11.9. The molecule has 19 heteroatoms. The molecule has 0 aliphatic rings. The summed E-state index contributed by atoms with van der Waals surface area (Å²) in [6.07, 6.45) is 56.9. The maximum absolute atomic E-state index is 13.1. The quantitative estimate of drug-likeness (QED) is 0.0222. The molecule has 0 aliphatic carbocycles. The Kier molecular flexibility index (Phi) is 68.1. The van der Waals surface area contributed by atoms with Crippen LogP contribution in [0.25, 0.3) is 0 Å². The third-order valence-electron chi connectivity index (χ3n) is 18.7. The standard InChI is InChI=1S/C79H154O17P2/c1-8-10-11-12-13-14-15-27-33-40-48-55-62-78(83)96-75(67-90-77(82)61-54-47-42-35-37-44-51-58-71(5)6)69-94-98(87,88)92-65-73(80)64-91-97(85,86)93-68-74(66-89-76(81)60-53-46-39-32-29-24-25-30-36-43-50-57-70(3)4)95-79(84)63-56-49-41-34-28-23-21-19-17-16-18-20-22-26-31-38-45-52-59-72(7)9-2/h70-75,80H,8-69H2,1-7H3,(H,85,86)(H,87,88)/t72?,73-,74-,75-/m1/s1. The molecule has 0 heterocycles. The van der Waals surface area contributed by atoms with Crippen LogP contribution in [0.15, 0.2) is 0 Å². The van der Waals surface area contributed by atoms with Gasteiger partial charge in [-0.3, -0.25) is 37.3 Å². The summed E-state index contributed by atoms with van der Waals surface area (Å²) in [5.41, 5.74) is 0. The van der Waals surface area contributed by atoms with Crippen molar-refractivity contribution in [3.05, 3.63) is 0 Å². The minimum atomic E-state index is -4.96. The highest BCUT2D eigenvalue weighted by molar-refractivity contribution is 7.47. The molecule has 0 aliphatic heterocycles. The molecule has 0 aromatic rings. The molecule has 3 N–H and O–H groups in total. The number of carbonyl (C=O) groups excluding carboxylic acids is 4. The number of ether oxygens (including phenoxy) is 4. The van der Waals surface area contributed by atoms with Gasteiger partial charge in [0, 0.05) is 25.7 Å². The number of unbranched alkanes of at least 4 members (excludes halogenated alkanes) is 44. The Bertz CT molecular complexity index is 1910. The van der Waals surface area contributed by atoms with Crippen molar-refractivity contribution in [1.82, 2.24) is 0 Å². The van der Waals surface area contributed by atoms with E-state index >= 15 is 0 Å². The largest absolute Gasteiger partial charge is 0.472 e. The fourth-order valence-corrected chi connectivity index (χ4v) is 13.7. The van der Waals surface area contributed by atoms with Gasteiger partial charge in [-0.1, -0.05) is 357 Å². The van der Waals surface area contributed by atoms with Gasteiger partial charge in [0.25, 0.3) is 0 Å². The predicted octanol–water partition coefficient (Wildman–Crippen LogP) is 23.4. The second kappa shape index (κ2) is 69.4. The van der Waals surface area contributed by atoms with Crippen molar-refractivity contribution in [2.75, 3.05) is 39.6 Å². The highest BCUT2D eigenvalue weighted by Crippen LogP contribution is 2.45. The molecule has 6 atom stereocenters. The number of carbonyl (C=O) groups is 4. The molecule has 98 heavy (non-hydrogen) atoms. The molecule has 0 bridgehead atoms. The summed E-state index contributed by atoms with van der Waals surface area (Å²) in [4.78, 5) is 72.9. The first-order valence-electron chi connectivity index (χ1n) is 40.9. The maximum Gasteiger partial charge on any atom is 0.472 e. The van der Waals surface area contributed by atoms with Crippen LogP contribution in [0.3, 0.4) is 0 Å². The lowest BCUT2D eigenvalue weighted by Gasteiger charge is -2.21. The molecule has 0 saturated heterocycles. The van der Waals surface area contributed by atoms with Crippen molar-refractivity contribution < 1.29 is 80.2 Å². The molecule has 17 nitrogen and oxygen atoms in total. The van der Waals surface area contributed by atoms with Crippen LogP contribution in [0.2, 0.25) is 0 Å². The molecular weight excluding hydrogens is 1280 g/mol. The van der Waals surface area contributed by atoms with Crippen molar-refractivity contribution in [3.63, 3.8) is 0 Å². The zero-order chi connectivity index (χ0) is 72.3. The van der Waals surface area contributed by atoms with Crippen LogP contribution in [0.1, 0.15) is 408 Å². The van der Waals surface area contributed by atoms with Gasteiger partial charge in [0.2, 0.25) is 0 Å². The molecule has 3 unspecified atom stereocenters. The first-order valence-corrected chi connectivity index (χ1v) is 43.9. The van der Waals surface area contributed by atoms with E-state index in [0.717, 1.165) is 108 Å². The molecular formula is C79H154O17P2. The Balaban J connectivity index is 5.20. The molecule has 0 amide bonds. The lowest BCUT2D eigenvalue weighted by molar-refractivity contribution is -0.161. The van der Waals surface area contributed by atoms with Crippen LogP contribution in [-0.2, 0) is 65.4 Å². The Labute approximate surface area is 600 Å². The van der Waals surface area contributed by atoms with Gasteiger partial charge in [0.05, 0.1) is 26.4 Å². The number of esters is 4.